The average molecular weight is 578 g/mol. The van der Waals surface area contributed by atoms with E-state index in [2.05, 4.69) is 4.90 Å². The van der Waals surface area contributed by atoms with E-state index in [9.17, 15) is 27.6 Å². The zero-order chi connectivity index (χ0) is 30.4. The molecule has 2 aliphatic heterocycles. The Hall–Kier alpha value is -4.48. The van der Waals surface area contributed by atoms with E-state index in [4.69, 9.17) is 10.5 Å². The molecular formula is C31H30F3N5O3. The van der Waals surface area contributed by atoms with Crippen LogP contribution in [0.15, 0.2) is 53.6 Å². The molecule has 8 nitrogen and oxygen atoms in total. The largest absolute Gasteiger partial charge is 0.417 e. The summed E-state index contributed by atoms with van der Waals surface area (Å²) in [5.41, 5.74) is -0.347. The summed E-state index contributed by atoms with van der Waals surface area (Å²) in [6.45, 7) is 5.19. The van der Waals surface area contributed by atoms with Gasteiger partial charge in [-0.05, 0) is 75.2 Å². The van der Waals surface area contributed by atoms with E-state index in [1.165, 1.54) is 19.1 Å². The number of halogens is 3. The fourth-order valence-electron chi connectivity index (χ4n) is 5.25. The molecule has 0 aliphatic carbocycles. The average Bonchev–Trinajstić information content (AvgIpc) is 3.20. The second-order valence-corrected chi connectivity index (χ2v) is 10.4. The van der Waals surface area contributed by atoms with Gasteiger partial charge in [-0.3, -0.25) is 19.3 Å². The Morgan fingerprint density at radius 2 is 1.55 bits per heavy atom. The molecule has 2 aromatic rings. The molecule has 0 saturated carbocycles. The first-order valence-electron chi connectivity index (χ1n) is 13.8. The molecule has 1 fully saturated rings. The number of carbonyl (C=O) groups is 3. The van der Waals surface area contributed by atoms with Crippen molar-refractivity contribution in [2.45, 2.75) is 45.2 Å². The highest BCUT2D eigenvalue weighted by molar-refractivity contribution is 6.32. The summed E-state index contributed by atoms with van der Waals surface area (Å²) < 4.78 is 40.2. The molecule has 0 atom stereocenters. The van der Waals surface area contributed by atoms with Crippen LogP contribution >= 0.6 is 0 Å². The standard InChI is InChI=1S/C31H30F3N5O3/c1-21-26(30(42)39(28(21)40)25-12-11-24(20-36)27(18-25)31(32,33)34)6-4-2-3-5-13-37-14-16-38(17-15-37)29(41)23-9-7-22(19-35)8-10-23/h7-12,18H,2-6,13-17H2,1H3. The second-order valence-electron chi connectivity index (χ2n) is 10.4. The number of benzene rings is 2. The van der Waals surface area contributed by atoms with Gasteiger partial charge in [-0.25, -0.2) is 4.90 Å². The highest BCUT2D eigenvalue weighted by Crippen LogP contribution is 2.37. The number of carbonyl (C=O) groups excluding carboxylic acids is 3. The maximum absolute atomic E-state index is 13.4. The number of nitriles is 2. The minimum atomic E-state index is -4.80. The summed E-state index contributed by atoms with van der Waals surface area (Å²) >= 11 is 0. The van der Waals surface area contributed by atoms with Gasteiger partial charge in [0.05, 0.1) is 34.5 Å². The van der Waals surface area contributed by atoms with Crippen LogP contribution in [-0.4, -0.2) is 60.2 Å². The lowest BCUT2D eigenvalue weighted by Crippen LogP contribution is -2.48. The Morgan fingerprint density at radius 1 is 0.881 bits per heavy atom. The van der Waals surface area contributed by atoms with Gasteiger partial charge in [-0.15, -0.1) is 0 Å². The lowest BCUT2D eigenvalue weighted by molar-refractivity contribution is -0.138. The quantitative estimate of drug-likeness (QED) is 0.305. The molecule has 2 aromatic carbocycles. The molecule has 0 spiro atoms. The third-order valence-electron chi connectivity index (χ3n) is 7.70. The van der Waals surface area contributed by atoms with Gasteiger partial charge in [0.1, 0.15) is 0 Å². The smallest absolute Gasteiger partial charge is 0.336 e. The van der Waals surface area contributed by atoms with E-state index in [-0.39, 0.29) is 17.2 Å². The van der Waals surface area contributed by atoms with E-state index < -0.39 is 29.1 Å². The molecule has 42 heavy (non-hydrogen) atoms. The second kappa shape index (κ2) is 13.0. The molecule has 0 radical (unpaired) electrons. The van der Waals surface area contributed by atoms with Gasteiger partial charge in [0.25, 0.3) is 17.7 Å². The van der Waals surface area contributed by atoms with Crippen LogP contribution in [0, 0.1) is 22.7 Å². The zero-order valence-electron chi connectivity index (χ0n) is 23.2. The maximum atomic E-state index is 13.4. The Bertz CT molecular complexity index is 1480. The van der Waals surface area contributed by atoms with Crippen molar-refractivity contribution >= 4 is 23.4 Å². The Kier molecular flexibility index (Phi) is 9.44. The minimum Gasteiger partial charge on any atom is -0.336 e. The predicted octanol–water partition coefficient (Wildman–Crippen LogP) is 5.05. The van der Waals surface area contributed by atoms with Crippen LogP contribution in [-0.2, 0) is 15.8 Å². The van der Waals surface area contributed by atoms with Crippen LogP contribution in [0.25, 0.3) is 0 Å². The molecule has 3 amide bonds. The number of amides is 3. The normalized spacial score (nSPS) is 16.1. The Morgan fingerprint density at radius 3 is 2.17 bits per heavy atom. The molecule has 0 unspecified atom stereocenters. The summed E-state index contributed by atoms with van der Waals surface area (Å²) in [6.07, 6.45) is -1.11. The number of hydrogen-bond donors (Lipinski definition) is 0. The van der Waals surface area contributed by atoms with Crippen molar-refractivity contribution in [1.82, 2.24) is 9.80 Å². The minimum absolute atomic E-state index is 0.0396. The maximum Gasteiger partial charge on any atom is 0.417 e. The lowest BCUT2D eigenvalue weighted by atomic mass is 10.0. The van der Waals surface area contributed by atoms with Crippen molar-refractivity contribution in [1.29, 1.82) is 10.5 Å². The summed E-state index contributed by atoms with van der Waals surface area (Å²) in [5, 5.41) is 17.9. The third-order valence-corrected chi connectivity index (χ3v) is 7.70. The van der Waals surface area contributed by atoms with Crippen molar-refractivity contribution < 1.29 is 27.6 Å². The first kappa shape index (κ1) is 30.5. The fraction of sp³-hybridized carbons (Fsp3) is 0.387. The summed E-state index contributed by atoms with van der Waals surface area (Å²) in [7, 11) is 0. The number of alkyl halides is 3. The van der Waals surface area contributed by atoms with Gasteiger partial charge < -0.3 is 4.90 Å². The first-order valence-corrected chi connectivity index (χ1v) is 13.8. The van der Waals surface area contributed by atoms with E-state index in [0.29, 0.717) is 48.7 Å². The number of rotatable bonds is 9. The van der Waals surface area contributed by atoms with Crippen molar-refractivity contribution in [3.8, 4) is 12.1 Å². The number of unbranched alkanes of at least 4 members (excludes halogenated alkanes) is 3. The molecule has 0 aromatic heterocycles. The van der Waals surface area contributed by atoms with Crippen LogP contribution in [0.5, 0.6) is 0 Å². The topological polar surface area (TPSA) is 109 Å². The molecule has 11 heteroatoms. The van der Waals surface area contributed by atoms with E-state index in [1.54, 1.807) is 24.3 Å². The van der Waals surface area contributed by atoms with Gasteiger partial charge >= 0.3 is 6.18 Å². The molecule has 4 rings (SSSR count). The zero-order valence-corrected chi connectivity index (χ0v) is 23.2. The van der Waals surface area contributed by atoms with Crippen LogP contribution in [0.2, 0.25) is 0 Å². The fourth-order valence-corrected chi connectivity index (χ4v) is 5.25. The van der Waals surface area contributed by atoms with Gasteiger partial charge in [0.2, 0.25) is 0 Å². The van der Waals surface area contributed by atoms with Crippen LogP contribution in [0.3, 0.4) is 0 Å². The van der Waals surface area contributed by atoms with Gasteiger partial charge in [-0.1, -0.05) is 12.8 Å². The van der Waals surface area contributed by atoms with Crippen molar-refractivity contribution in [3.63, 3.8) is 0 Å². The number of anilines is 1. The third kappa shape index (κ3) is 6.69. The number of nitrogens with zero attached hydrogens (tertiary/aromatic N) is 5. The predicted molar refractivity (Wildman–Crippen MR) is 148 cm³/mol. The van der Waals surface area contributed by atoms with E-state index in [0.717, 1.165) is 49.9 Å². The summed E-state index contributed by atoms with van der Waals surface area (Å²) in [6, 6.07) is 13.0. The van der Waals surface area contributed by atoms with Gasteiger partial charge in [-0.2, -0.15) is 23.7 Å². The van der Waals surface area contributed by atoms with E-state index in [1.807, 2.05) is 11.0 Å². The molecule has 2 heterocycles. The molecule has 0 N–H and O–H groups in total. The molecule has 218 valence electrons. The van der Waals surface area contributed by atoms with Crippen LogP contribution in [0.1, 0.15) is 66.1 Å². The SMILES string of the molecule is CC1=C(CCCCCCN2CCN(C(=O)c3ccc(C#N)cc3)CC2)C(=O)N(c2ccc(C#N)c(C(F)(F)F)c2)C1=O. The highest BCUT2D eigenvalue weighted by atomic mass is 19.4. The van der Waals surface area contributed by atoms with Gasteiger partial charge in [0.15, 0.2) is 0 Å². The molecule has 0 bridgehead atoms. The monoisotopic (exact) mass is 577 g/mol. The van der Waals surface area contributed by atoms with Crippen molar-refractivity contribution in [2.24, 2.45) is 0 Å². The Balaban J connectivity index is 1.20. The van der Waals surface area contributed by atoms with Gasteiger partial charge in [0, 0.05) is 42.9 Å². The van der Waals surface area contributed by atoms with Crippen LogP contribution < -0.4 is 4.90 Å². The molecule has 1 saturated heterocycles. The first-order chi connectivity index (χ1) is 20.0. The summed E-state index contributed by atoms with van der Waals surface area (Å²) in [5.74, 6) is -1.31. The number of hydrogen-bond acceptors (Lipinski definition) is 6. The number of imide groups is 1. The summed E-state index contributed by atoms with van der Waals surface area (Å²) in [4.78, 5) is 43.4. The van der Waals surface area contributed by atoms with Crippen molar-refractivity contribution in [2.75, 3.05) is 37.6 Å². The van der Waals surface area contributed by atoms with E-state index >= 15 is 0 Å². The molecule has 2 aliphatic rings. The Labute approximate surface area is 242 Å². The number of piperazine rings is 1. The molecular weight excluding hydrogens is 547 g/mol. The lowest BCUT2D eigenvalue weighted by Gasteiger charge is -2.34. The van der Waals surface area contributed by atoms with Crippen LogP contribution in [0.4, 0.5) is 18.9 Å². The highest BCUT2D eigenvalue weighted by Gasteiger charge is 2.39. The van der Waals surface area contributed by atoms with Crippen molar-refractivity contribution in [3.05, 3.63) is 75.9 Å².